The molecule has 0 saturated carbocycles. The van der Waals surface area contributed by atoms with E-state index in [2.05, 4.69) is 16.1 Å². The number of nitrogens with zero attached hydrogens (tertiary/aromatic N) is 3. The zero-order valence-electron chi connectivity index (χ0n) is 8.48. The largest absolute Gasteiger partial charge is 0.446 e. The highest BCUT2D eigenvalue weighted by atomic mass is 16.3. The van der Waals surface area contributed by atoms with Crippen molar-refractivity contribution >= 4 is 0 Å². The number of aryl methyl sites for hydroxylation is 1. The van der Waals surface area contributed by atoms with E-state index in [-0.39, 0.29) is 5.54 Å². The Morgan fingerprint density at radius 1 is 1.50 bits per heavy atom. The number of rotatable bonds is 2. The first kappa shape index (κ1) is 8.99. The smallest absolute Gasteiger partial charge is 0.221 e. The van der Waals surface area contributed by atoms with E-state index in [1.165, 1.54) is 0 Å². The minimum atomic E-state index is -0.367. The van der Waals surface area contributed by atoms with Crippen molar-refractivity contribution in [1.82, 2.24) is 14.8 Å². The van der Waals surface area contributed by atoms with E-state index in [1.807, 2.05) is 20.8 Å². The van der Waals surface area contributed by atoms with Gasteiger partial charge in [0.05, 0.1) is 11.9 Å². The molecule has 0 aliphatic heterocycles. The summed E-state index contributed by atoms with van der Waals surface area (Å²) in [7, 11) is 0. The number of oxazole rings is 1. The lowest BCUT2D eigenvalue weighted by Crippen LogP contribution is -2.28. The van der Waals surface area contributed by atoms with Crippen LogP contribution in [0.2, 0.25) is 0 Å². The first-order valence-electron chi connectivity index (χ1n) is 4.44. The third-order valence-corrected chi connectivity index (χ3v) is 2.17. The Morgan fingerprint density at radius 3 is 2.79 bits per heavy atom. The zero-order valence-corrected chi connectivity index (χ0v) is 8.48. The third-order valence-electron chi connectivity index (χ3n) is 2.17. The van der Waals surface area contributed by atoms with Gasteiger partial charge in [-0.2, -0.15) is 5.10 Å². The van der Waals surface area contributed by atoms with Crippen LogP contribution in [0.15, 0.2) is 23.1 Å². The summed E-state index contributed by atoms with van der Waals surface area (Å²) in [5.74, 6) is 0.659. The van der Waals surface area contributed by atoms with E-state index in [0.29, 0.717) is 5.89 Å². The van der Waals surface area contributed by atoms with Crippen molar-refractivity contribution in [2.75, 3.05) is 0 Å². The summed E-state index contributed by atoms with van der Waals surface area (Å²) in [6.07, 6.45) is 5.04. The van der Waals surface area contributed by atoms with Crippen LogP contribution >= 0.6 is 0 Å². The van der Waals surface area contributed by atoms with E-state index in [9.17, 15) is 0 Å². The minimum absolute atomic E-state index is 0.367. The van der Waals surface area contributed by atoms with Crippen LogP contribution in [0.1, 0.15) is 25.4 Å². The predicted molar refractivity (Wildman–Crippen MR) is 50.7 cm³/mol. The molecule has 0 amide bonds. The summed E-state index contributed by atoms with van der Waals surface area (Å²) in [4.78, 5) is 4.30. The maximum atomic E-state index is 5.37. The minimum Gasteiger partial charge on any atom is -0.446 e. The van der Waals surface area contributed by atoms with Crippen LogP contribution in [-0.4, -0.2) is 14.8 Å². The molecule has 2 heterocycles. The maximum absolute atomic E-state index is 5.37. The lowest BCUT2D eigenvalue weighted by atomic mass is 10.1. The van der Waals surface area contributed by atoms with Gasteiger partial charge in [-0.15, -0.1) is 0 Å². The molecule has 0 spiro atoms. The number of hydrogen-bond donors (Lipinski definition) is 0. The monoisotopic (exact) mass is 190 g/mol. The van der Waals surface area contributed by atoms with E-state index in [4.69, 9.17) is 4.42 Å². The molecule has 0 N–H and O–H groups in total. The molecule has 4 heteroatoms. The Bertz CT molecular complexity index is 414. The fourth-order valence-corrected chi connectivity index (χ4v) is 1.27. The van der Waals surface area contributed by atoms with Gasteiger partial charge in [0.1, 0.15) is 11.8 Å². The standard InChI is InChI=1S/C10H12N3O/c1-8-7-14-9(12-8)10(2,3)13-6-4-5-11-13/h5-7H,1-3H3. The first-order valence-corrected chi connectivity index (χ1v) is 4.44. The summed E-state index contributed by atoms with van der Waals surface area (Å²) in [6, 6.07) is 2.89. The summed E-state index contributed by atoms with van der Waals surface area (Å²) >= 11 is 0. The van der Waals surface area contributed by atoms with E-state index >= 15 is 0 Å². The Morgan fingerprint density at radius 2 is 2.29 bits per heavy atom. The Labute approximate surface area is 82.6 Å². The highest BCUT2D eigenvalue weighted by molar-refractivity contribution is 5.05. The van der Waals surface area contributed by atoms with Gasteiger partial charge in [0.15, 0.2) is 0 Å². The molecule has 0 saturated heterocycles. The lowest BCUT2D eigenvalue weighted by Gasteiger charge is -2.20. The number of hydrogen-bond acceptors (Lipinski definition) is 3. The summed E-state index contributed by atoms with van der Waals surface area (Å²) in [6.45, 7) is 5.90. The second kappa shape index (κ2) is 2.97. The SMILES string of the molecule is Cc1coc(C(C)(C)n2c[c]cn2)n1. The van der Waals surface area contributed by atoms with Crippen LogP contribution < -0.4 is 0 Å². The van der Waals surface area contributed by atoms with Crippen molar-refractivity contribution in [2.45, 2.75) is 26.3 Å². The second-order valence-electron chi connectivity index (χ2n) is 3.74. The normalized spacial score (nSPS) is 11.9. The van der Waals surface area contributed by atoms with Gasteiger partial charge in [-0.25, -0.2) is 4.98 Å². The van der Waals surface area contributed by atoms with Gasteiger partial charge in [-0.05, 0) is 20.8 Å². The van der Waals surface area contributed by atoms with Crippen LogP contribution in [0.5, 0.6) is 0 Å². The fraction of sp³-hybridized carbons (Fsp3) is 0.400. The molecule has 2 aromatic rings. The van der Waals surface area contributed by atoms with Gasteiger partial charge >= 0.3 is 0 Å². The van der Waals surface area contributed by atoms with Crippen molar-refractivity contribution in [3.63, 3.8) is 0 Å². The summed E-state index contributed by atoms with van der Waals surface area (Å²) in [5.41, 5.74) is 0.512. The van der Waals surface area contributed by atoms with Crippen molar-refractivity contribution in [2.24, 2.45) is 0 Å². The molecule has 0 atom stereocenters. The topological polar surface area (TPSA) is 43.9 Å². The average molecular weight is 190 g/mol. The Kier molecular flexibility index (Phi) is 1.91. The van der Waals surface area contributed by atoms with Crippen LogP contribution in [0.4, 0.5) is 0 Å². The molecule has 2 rings (SSSR count). The van der Waals surface area contributed by atoms with Gasteiger partial charge in [-0.1, -0.05) is 0 Å². The summed E-state index contributed by atoms with van der Waals surface area (Å²) < 4.78 is 7.14. The van der Waals surface area contributed by atoms with E-state index in [0.717, 1.165) is 5.69 Å². The molecule has 0 fully saturated rings. The highest BCUT2D eigenvalue weighted by Gasteiger charge is 2.28. The molecule has 73 valence electrons. The molecular weight excluding hydrogens is 178 g/mol. The molecule has 0 aliphatic carbocycles. The van der Waals surface area contributed by atoms with Crippen LogP contribution in [-0.2, 0) is 5.54 Å². The Balaban J connectivity index is 2.42. The Hall–Kier alpha value is -1.58. The molecular formula is C10H12N3O. The van der Waals surface area contributed by atoms with Crippen molar-refractivity contribution in [3.8, 4) is 0 Å². The fourth-order valence-electron chi connectivity index (χ4n) is 1.27. The predicted octanol–water partition coefficient (Wildman–Crippen LogP) is 1.76. The molecule has 0 aromatic carbocycles. The highest BCUT2D eigenvalue weighted by Crippen LogP contribution is 2.23. The molecule has 0 unspecified atom stereocenters. The first-order chi connectivity index (χ1) is 6.60. The van der Waals surface area contributed by atoms with Gasteiger partial charge in [-0.3, -0.25) is 4.68 Å². The molecule has 1 radical (unpaired) electrons. The lowest BCUT2D eigenvalue weighted by molar-refractivity contribution is 0.298. The van der Waals surface area contributed by atoms with Gasteiger partial charge < -0.3 is 4.42 Å². The van der Waals surface area contributed by atoms with Crippen molar-refractivity contribution in [1.29, 1.82) is 0 Å². The van der Waals surface area contributed by atoms with Gasteiger partial charge in [0.2, 0.25) is 5.89 Å². The van der Waals surface area contributed by atoms with E-state index < -0.39 is 0 Å². The molecule has 0 bridgehead atoms. The summed E-state index contributed by atoms with van der Waals surface area (Å²) in [5, 5.41) is 4.13. The van der Waals surface area contributed by atoms with Crippen LogP contribution in [0, 0.1) is 13.0 Å². The molecule has 4 nitrogen and oxygen atoms in total. The molecule has 2 aromatic heterocycles. The number of aromatic nitrogens is 3. The molecule has 0 aliphatic rings. The quantitative estimate of drug-likeness (QED) is 0.724. The van der Waals surface area contributed by atoms with Crippen LogP contribution in [0.25, 0.3) is 0 Å². The second-order valence-corrected chi connectivity index (χ2v) is 3.74. The van der Waals surface area contributed by atoms with E-state index in [1.54, 1.807) is 23.3 Å². The van der Waals surface area contributed by atoms with Crippen LogP contribution in [0.3, 0.4) is 0 Å². The third kappa shape index (κ3) is 1.32. The maximum Gasteiger partial charge on any atom is 0.221 e. The van der Waals surface area contributed by atoms with Gasteiger partial charge in [0, 0.05) is 12.3 Å². The van der Waals surface area contributed by atoms with Crippen molar-refractivity contribution < 1.29 is 4.42 Å². The molecule has 14 heavy (non-hydrogen) atoms. The average Bonchev–Trinajstić information content (AvgIpc) is 2.72. The zero-order chi connectivity index (χ0) is 10.2. The van der Waals surface area contributed by atoms with Gasteiger partial charge in [0.25, 0.3) is 0 Å². The van der Waals surface area contributed by atoms with Crippen molar-refractivity contribution in [3.05, 3.63) is 36.3 Å².